The maximum absolute atomic E-state index is 13.7. The lowest BCUT2D eigenvalue weighted by atomic mass is 10.2. The molecule has 2 heterocycles. The standard InChI is InChI=1S/C21H12ClF5N4O3/c22-11-3-1-10(2-4-11)7-31-9-28-21(30-31)29-20(32)13-6-5-12(34-13)8-33-19-17(26)15(24)14(23)16(25)18(19)27/h1-6,9H,7-8H2,(H,29,30,32). The number of carbonyl (C=O) groups excluding carboxylic acids is 1. The summed E-state index contributed by atoms with van der Waals surface area (Å²) in [6.45, 7) is -0.334. The van der Waals surface area contributed by atoms with Gasteiger partial charge in [0.25, 0.3) is 5.91 Å². The van der Waals surface area contributed by atoms with E-state index in [9.17, 15) is 26.7 Å². The first-order valence-corrected chi connectivity index (χ1v) is 9.79. The van der Waals surface area contributed by atoms with E-state index in [0.29, 0.717) is 11.6 Å². The number of nitrogens with one attached hydrogen (secondary N) is 1. The van der Waals surface area contributed by atoms with Crippen LogP contribution in [0.25, 0.3) is 0 Å². The van der Waals surface area contributed by atoms with Gasteiger partial charge in [0.05, 0.1) is 6.54 Å². The van der Waals surface area contributed by atoms with Gasteiger partial charge in [-0.1, -0.05) is 23.7 Å². The summed E-state index contributed by atoms with van der Waals surface area (Å²) in [6, 6.07) is 9.51. The monoisotopic (exact) mass is 498 g/mol. The molecule has 7 nitrogen and oxygen atoms in total. The molecule has 0 fully saturated rings. The lowest BCUT2D eigenvalue weighted by molar-refractivity contribution is 0.0991. The van der Waals surface area contributed by atoms with E-state index in [1.807, 2.05) is 0 Å². The zero-order valence-electron chi connectivity index (χ0n) is 16.8. The SMILES string of the molecule is O=C(Nc1ncn(Cc2ccc(Cl)cc2)n1)c1ccc(COc2c(F)c(F)c(F)c(F)c2F)o1. The van der Waals surface area contributed by atoms with Crippen molar-refractivity contribution in [3.63, 3.8) is 0 Å². The Morgan fingerprint density at radius 3 is 2.29 bits per heavy atom. The summed E-state index contributed by atoms with van der Waals surface area (Å²) in [4.78, 5) is 16.3. The van der Waals surface area contributed by atoms with Gasteiger partial charge in [-0.25, -0.2) is 22.8 Å². The number of hydrogen-bond donors (Lipinski definition) is 1. The molecular weight excluding hydrogens is 487 g/mol. The lowest BCUT2D eigenvalue weighted by Crippen LogP contribution is -2.12. The number of halogens is 6. The molecule has 0 saturated heterocycles. The minimum Gasteiger partial charge on any atom is -0.479 e. The quantitative estimate of drug-likeness (QED) is 0.218. The van der Waals surface area contributed by atoms with Crippen LogP contribution in [0.2, 0.25) is 5.02 Å². The Morgan fingerprint density at radius 2 is 1.62 bits per heavy atom. The van der Waals surface area contributed by atoms with Crippen LogP contribution in [-0.4, -0.2) is 20.7 Å². The molecule has 0 aliphatic heterocycles. The first-order valence-electron chi connectivity index (χ1n) is 9.41. The van der Waals surface area contributed by atoms with E-state index in [-0.39, 0.29) is 17.5 Å². The molecule has 1 amide bonds. The van der Waals surface area contributed by atoms with Crippen LogP contribution in [0.15, 0.2) is 47.1 Å². The minimum atomic E-state index is -2.30. The van der Waals surface area contributed by atoms with E-state index in [0.717, 1.165) is 5.56 Å². The Kier molecular flexibility index (Phi) is 6.50. The van der Waals surface area contributed by atoms with Gasteiger partial charge in [-0.15, -0.1) is 5.10 Å². The van der Waals surface area contributed by atoms with Crippen molar-refractivity contribution in [1.82, 2.24) is 14.8 Å². The predicted molar refractivity (Wildman–Crippen MR) is 108 cm³/mol. The second-order valence-corrected chi connectivity index (χ2v) is 7.24. The zero-order valence-corrected chi connectivity index (χ0v) is 17.5. The van der Waals surface area contributed by atoms with Gasteiger partial charge in [0.1, 0.15) is 18.7 Å². The summed E-state index contributed by atoms with van der Waals surface area (Å²) < 4.78 is 78.3. The highest BCUT2D eigenvalue weighted by Crippen LogP contribution is 2.29. The highest BCUT2D eigenvalue weighted by atomic mass is 35.5. The fourth-order valence-electron chi connectivity index (χ4n) is 2.80. The van der Waals surface area contributed by atoms with Crippen molar-refractivity contribution < 1.29 is 35.9 Å². The molecule has 0 aliphatic rings. The Hall–Kier alpha value is -3.93. The smallest absolute Gasteiger partial charge is 0.293 e. The van der Waals surface area contributed by atoms with Crippen LogP contribution < -0.4 is 10.1 Å². The van der Waals surface area contributed by atoms with Gasteiger partial charge < -0.3 is 9.15 Å². The largest absolute Gasteiger partial charge is 0.479 e. The molecule has 0 bridgehead atoms. The fraction of sp³-hybridized carbons (Fsp3) is 0.0952. The molecule has 176 valence electrons. The van der Waals surface area contributed by atoms with Gasteiger partial charge in [0.2, 0.25) is 35.0 Å². The number of furan rings is 1. The average Bonchev–Trinajstić information content (AvgIpc) is 3.47. The Balaban J connectivity index is 1.38. The van der Waals surface area contributed by atoms with Crippen molar-refractivity contribution in [2.24, 2.45) is 0 Å². The van der Waals surface area contributed by atoms with Crippen molar-refractivity contribution in [2.45, 2.75) is 13.2 Å². The van der Waals surface area contributed by atoms with E-state index in [4.69, 9.17) is 20.8 Å². The highest BCUT2D eigenvalue weighted by molar-refractivity contribution is 6.30. The summed E-state index contributed by atoms with van der Waals surface area (Å²) in [6.07, 6.45) is 1.40. The van der Waals surface area contributed by atoms with Crippen molar-refractivity contribution >= 4 is 23.5 Å². The molecule has 0 saturated carbocycles. The first kappa shape index (κ1) is 23.2. The number of ether oxygens (including phenoxy) is 1. The maximum atomic E-state index is 13.7. The molecule has 1 N–H and O–H groups in total. The topological polar surface area (TPSA) is 82.2 Å². The van der Waals surface area contributed by atoms with Gasteiger partial charge >= 0.3 is 0 Å². The maximum Gasteiger partial charge on any atom is 0.293 e. The van der Waals surface area contributed by atoms with Gasteiger partial charge in [-0.2, -0.15) is 8.78 Å². The number of anilines is 1. The summed E-state index contributed by atoms with van der Waals surface area (Å²) >= 11 is 5.84. The van der Waals surface area contributed by atoms with Gasteiger partial charge in [-0.05, 0) is 29.8 Å². The van der Waals surface area contributed by atoms with Gasteiger partial charge in [0.15, 0.2) is 11.5 Å². The second kappa shape index (κ2) is 9.51. The molecule has 0 radical (unpaired) electrons. The van der Waals surface area contributed by atoms with Crippen LogP contribution in [0.4, 0.5) is 27.9 Å². The summed E-state index contributed by atoms with van der Waals surface area (Å²) in [7, 11) is 0. The minimum absolute atomic E-state index is 0.0189. The molecule has 34 heavy (non-hydrogen) atoms. The van der Waals surface area contributed by atoms with Crippen LogP contribution in [-0.2, 0) is 13.2 Å². The molecule has 0 spiro atoms. The van der Waals surface area contributed by atoms with Crippen molar-refractivity contribution in [2.75, 3.05) is 5.32 Å². The second-order valence-electron chi connectivity index (χ2n) is 6.80. The van der Waals surface area contributed by atoms with E-state index < -0.39 is 47.3 Å². The van der Waals surface area contributed by atoms with Crippen LogP contribution in [0.5, 0.6) is 5.75 Å². The Morgan fingerprint density at radius 1 is 0.971 bits per heavy atom. The molecule has 2 aromatic carbocycles. The third kappa shape index (κ3) is 4.86. The lowest BCUT2D eigenvalue weighted by Gasteiger charge is -2.09. The molecule has 4 aromatic rings. The van der Waals surface area contributed by atoms with Crippen LogP contribution in [0.1, 0.15) is 21.9 Å². The summed E-state index contributed by atoms with van der Waals surface area (Å²) in [5.74, 6) is -13.4. The first-order chi connectivity index (χ1) is 16.2. The number of carbonyl (C=O) groups is 1. The fourth-order valence-corrected chi connectivity index (χ4v) is 2.93. The zero-order chi connectivity index (χ0) is 24.4. The molecule has 0 aliphatic carbocycles. The number of hydrogen-bond acceptors (Lipinski definition) is 5. The van der Waals surface area contributed by atoms with E-state index in [2.05, 4.69) is 15.4 Å². The van der Waals surface area contributed by atoms with Crippen LogP contribution in [0.3, 0.4) is 0 Å². The molecule has 0 atom stereocenters. The van der Waals surface area contributed by atoms with E-state index >= 15 is 0 Å². The average molecular weight is 499 g/mol. The Bertz CT molecular complexity index is 1330. The third-order valence-corrected chi connectivity index (χ3v) is 4.69. The number of nitrogens with zero attached hydrogens (tertiary/aromatic N) is 3. The van der Waals surface area contributed by atoms with Crippen molar-refractivity contribution in [3.05, 3.63) is 93.9 Å². The number of amides is 1. The third-order valence-electron chi connectivity index (χ3n) is 4.43. The molecule has 4 rings (SSSR count). The summed E-state index contributed by atoms with van der Waals surface area (Å²) in [5, 5.41) is 7.10. The Labute approximate surface area is 192 Å². The van der Waals surface area contributed by atoms with Gasteiger partial charge in [0, 0.05) is 5.02 Å². The molecule has 13 heteroatoms. The predicted octanol–water partition coefficient (Wildman–Crippen LogP) is 5.10. The molecular formula is C21H12ClF5N4O3. The number of aromatic nitrogens is 3. The summed E-state index contributed by atoms with van der Waals surface area (Å²) in [5.41, 5.74) is 0.900. The molecule has 0 unspecified atom stereocenters. The van der Waals surface area contributed by atoms with Crippen molar-refractivity contribution in [1.29, 1.82) is 0 Å². The molecule has 2 aromatic heterocycles. The van der Waals surface area contributed by atoms with Crippen LogP contribution >= 0.6 is 11.6 Å². The van der Waals surface area contributed by atoms with E-state index in [1.54, 1.807) is 24.3 Å². The highest BCUT2D eigenvalue weighted by Gasteiger charge is 2.27. The van der Waals surface area contributed by atoms with Crippen molar-refractivity contribution in [3.8, 4) is 5.75 Å². The van der Waals surface area contributed by atoms with Gasteiger partial charge in [-0.3, -0.25) is 10.1 Å². The van der Waals surface area contributed by atoms with E-state index in [1.165, 1.54) is 23.1 Å². The number of rotatable bonds is 7. The van der Waals surface area contributed by atoms with Crippen LogP contribution in [0, 0.1) is 29.1 Å². The number of benzene rings is 2. The normalized spacial score (nSPS) is 11.0.